The molecule has 0 aromatic heterocycles. The molecule has 3 aromatic rings. The van der Waals surface area contributed by atoms with E-state index in [0.29, 0.717) is 24.2 Å². The van der Waals surface area contributed by atoms with Gasteiger partial charge in [0.05, 0.1) is 21.6 Å². The van der Waals surface area contributed by atoms with Gasteiger partial charge >= 0.3 is 6.09 Å². The molecule has 0 bridgehead atoms. The summed E-state index contributed by atoms with van der Waals surface area (Å²) < 4.78 is 32.0. The zero-order valence-electron chi connectivity index (χ0n) is 19.7. The number of benzene rings is 3. The molecule has 0 aliphatic carbocycles. The summed E-state index contributed by atoms with van der Waals surface area (Å²) in [6, 6.07) is 16.5. The van der Waals surface area contributed by atoms with Gasteiger partial charge in [-0.25, -0.2) is 13.2 Å². The zero-order valence-corrected chi connectivity index (χ0v) is 20.5. The lowest BCUT2D eigenvalue weighted by atomic mass is 10.1. The van der Waals surface area contributed by atoms with Crippen LogP contribution in [-0.4, -0.2) is 44.2 Å². The number of nitro groups is 1. The van der Waals surface area contributed by atoms with Crippen LogP contribution in [0.4, 0.5) is 16.2 Å². The van der Waals surface area contributed by atoms with Gasteiger partial charge in [0.15, 0.2) is 9.84 Å². The molecule has 3 aromatic carbocycles. The van der Waals surface area contributed by atoms with Crippen LogP contribution in [0.2, 0.25) is 0 Å². The Labute approximate surface area is 203 Å². The van der Waals surface area contributed by atoms with E-state index in [1.807, 2.05) is 23.1 Å². The minimum absolute atomic E-state index is 0.115. The molecule has 0 radical (unpaired) electrons. The van der Waals surface area contributed by atoms with E-state index in [1.165, 1.54) is 12.1 Å². The smallest absolute Gasteiger partial charge is 0.407 e. The third kappa shape index (κ3) is 5.54. The molecule has 4 rings (SSSR count). The molecule has 10 heteroatoms. The van der Waals surface area contributed by atoms with E-state index in [0.717, 1.165) is 5.39 Å². The Morgan fingerprint density at radius 3 is 2.49 bits per heavy atom. The quantitative estimate of drug-likeness (QED) is 0.395. The van der Waals surface area contributed by atoms with Crippen molar-refractivity contribution in [1.29, 1.82) is 0 Å². The van der Waals surface area contributed by atoms with Crippen LogP contribution in [0.15, 0.2) is 65.6 Å². The van der Waals surface area contributed by atoms with Crippen molar-refractivity contribution in [3.63, 3.8) is 0 Å². The van der Waals surface area contributed by atoms with Crippen molar-refractivity contribution in [2.75, 3.05) is 18.0 Å². The Kier molecular flexibility index (Phi) is 6.42. The molecule has 1 aliphatic heterocycles. The summed E-state index contributed by atoms with van der Waals surface area (Å²) in [5, 5.41) is 15.8. The molecule has 1 amide bonds. The molecule has 35 heavy (non-hydrogen) atoms. The number of fused-ring (bicyclic) bond motifs is 1. The molecule has 0 atom stereocenters. The number of hydrogen-bond acceptors (Lipinski definition) is 7. The first-order valence-electron chi connectivity index (χ1n) is 11.2. The predicted octanol–water partition coefficient (Wildman–Crippen LogP) is 4.44. The normalized spacial score (nSPS) is 14.4. The van der Waals surface area contributed by atoms with Gasteiger partial charge in [-0.3, -0.25) is 10.1 Å². The lowest BCUT2D eigenvalue weighted by Crippen LogP contribution is -2.60. The first-order valence-corrected chi connectivity index (χ1v) is 12.8. The third-order valence-corrected chi connectivity index (χ3v) is 7.37. The number of carbonyl (C=O) groups excluding carboxylic acids is 1. The van der Waals surface area contributed by atoms with Crippen molar-refractivity contribution in [1.82, 2.24) is 5.32 Å². The first-order chi connectivity index (χ1) is 16.4. The molecule has 0 unspecified atom stereocenters. The summed E-state index contributed by atoms with van der Waals surface area (Å²) in [7, 11) is -3.87. The molecule has 1 saturated heterocycles. The zero-order chi connectivity index (χ0) is 25.4. The standard InChI is InChI=1S/C25H27N3O6S/c1-25(2,3)34-24(29)26-19-14-27(15-19)20-11-12-22(28(30)31)18(13-20)16-35(32,33)23-10-6-8-17-7-4-5-9-21(17)23/h4-13,19H,14-16H2,1-3H3,(H,26,29). The van der Waals surface area contributed by atoms with Crippen molar-refractivity contribution in [2.45, 2.75) is 43.1 Å². The van der Waals surface area contributed by atoms with Gasteiger partial charge < -0.3 is 15.0 Å². The Morgan fingerprint density at radius 2 is 1.80 bits per heavy atom. The lowest BCUT2D eigenvalue weighted by Gasteiger charge is -2.41. The number of rotatable bonds is 6. The summed E-state index contributed by atoms with van der Waals surface area (Å²) in [4.78, 5) is 25.1. The van der Waals surface area contributed by atoms with Crippen LogP contribution < -0.4 is 10.2 Å². The third-order valence-electron chi connectivity index (χ3n) is 5.66. The van der Waals surface area contributed by atoms with Crippen LogP contribution in [0, 0.1) is 10.1 Å². The van der Waals surface area contributed by atoms with Gasteiger partial charge in [-0.2, -0.15) is 0 Å². The van der Waals surface area contributed by atoms with Gasteiger partial charge in [-0.15, -0.1) is 0 Å². The number of amides is 1. The first kappa shape index (κ1) is 24.5. The van der Waals surface area contributed by atoms with Gasteiger partial charge in [0, 0.05) is 35.8 Å². The maximum absolute atomic E-state index is 13.3. The number of carbonyl (C=O) groups is 1. The highest BCUT2D eigenvalue weighted by molar-refractivity contribution is 7.90. The van der Waals surface area contributed by atoms with E-state index in [-0.39, 0.29) is 22.2 Å². The van der Waals surface area contributed by atoms with Gasteiger partial charge in [0.25, 0.3) is 5.69 Å². The monoisotopic (exact) mass is 497 g/mol. The predicted molar refractivity (Wildman–Crippen MR) is 133 cm³/mol. The van der Waals surface area contributed by atoms with Crippen LogP contribution in [-0.2, 0) is 20.3 Å². The van der Waals surface area contributed by atoms with Crippen molar-refractivity contribution >= 4 is 38.1 Å². The second kappa shape index (κ2) is 9.18. The number of nitro benzene ring substituents is 1. The van der Waals surface area contributed by atoms with Crippen molar-refractivity contribution in [3.8, 4) is 0 Å². The van der Waals surface area contributed by atoms with E-state index < -0.39 is 32.2 Å². The number of ether oxygens (including phenoxy) is 1. The Balaban J connectivity index is 1.55. The topological polar surface area (TPSA) is 119 Å². The minimum atomic E-state index is -3.87. The van der Waals surface area contributed by atoms with Crippen LogP contribution in [0.5, 0.6) is 0 Å². The average molecular weight is 498 g/mol. The Bertz CT molecular complexity index is 1390. The van der Waals surface area contributed by atoms with Crippen LogP contribution in [0.3, 0.4) is 0 Å². The van der Waals surface area contributed by atoms with Crippen LogP contribution in [0.25, 0.3) is 10.8 Å². The van der Waals surface area contributed by atoms with Gasteiger partial charge in [-0.05, 0) is 44.4 Å². The number of nitrogens with zero attached hydrogens (tertiary/aromatic N) is 2. The molecule has 1 heterocycles. The van der Waals surface area contributed by atoms with Crippen molar-refractivity contribution < 1.29 is 22.9 Å². The van der Waals surface area contributed by atoms with Crippen molar-refractivity contribution in [3.05, 3.63) is 76.3 Å². The summed E-state index contributed by atoms with van der Waals surface area (Å²) in [5.41, 5.74) is -0.0810. The lowest BCUT2D eigenvalue weighted by molar-refractivity contribution is -0.385. The molecule has 1 aliphatic rings. The van der Waals surface area contributed by atoms with Gasteiger partial charge in [0.1, 0.15) is 5.60 Å². The molecule has 1 N–H and O–H groups in total. The maximum atomic E-state index is 13.3. The highest BCUT2D eigenvalue weighted by Crippen LogP contribution is 2.32. The van der Waals surface area contributed by atoms with E-state index in [1.54, 1.807) is 51.1 Å². The van der Waals surface area contributed by atoms with E-state index in [2.05, 4.69) is 5.32 Å². The summed E-state index contributed by atoms with van der Waals surface area (Å²) in [6.45, 7) is 6.30. The maximum Gasteiger partial charge on any atom is 0.407 e. The molecular formula is C25H27N3O6S. The second-order valence-corrected chi connectivity index (χ2v) is 11.5. The molecule has 9 nitrogen and oxygen atoms in total. The number of alkyl carbamates (subject to hydrolysis) is 1. The van der Waals surface area contributed by atoms with Gasteiger partial charge in [-0.1, -0.05) is 36.4 Å². The average Bonchev–Trinajstić information content (AvgIpc) is 2.73. The van der Waals surface area contributed by atoms with Crippen molar-refractivity contribution in [2.24, 2.45) is 0 Å². The van der Waals surface area contributed by atoms with Gasteiger partial charge in [0.2, 0.25) is 0 Å². The second-order valence-electron chi connectivity index (χ2n) is 9.55. The van der Waals surface area contributed by atoms with Crippen LogP contribution in [0.1, 0.15) is 26.3 Å². The number of hydrogen-bond donors (Lipinski definition) is 1. The SMILES string of the molecule is CC(C)(C)OC(=O)NC1CN(c2ccc([N+](=O)[O-])c(CS(=O)(=O)c3cccc4ccccc34)c2)C1. The summed E-state index contributed by atoms with van der Waals surface area (Å²) in [5.74, 6) is -0.501. The molecule has 1 fully saturated rings. The molecular weight excluding hydrogens is 470 g/mol. The highest BCUT2D eigenvalue weighted by Gasteiger charge is 2.31. The minimum Gasteiger partial charge on any atom is -0.444 e. The highest BCUT2D eigenvalue weighted by atomic mass is 32.2. The number of anilines is 1. The summed E-state index contributed by atoms with van der Waals surface area (Å²) in [6.07, 6.45) is -0.507. The number of sulfone groups is 1. The number of nitrogens with one attached hydrogen (secondary N) is 1. The fourth-order valence-electron chi connectivity index (χ4n) is 4.07. The Hall–Kier alpha value is -3.66. The molecule has 0 spiro atoms. The fourth-order valence-corrected chi connectivity index (χ4v) is 5.67. The van der Waals surface area contributed by atoms with E-state index >= 15 is 0 Å². The molecule has 0 saturated carbocycles. The Morgan fingerprint density at radius 1 is 1.11 bits per heavy atom. The van der Waals surface area contributed by atoms with E-state index in [4.69, 9.17) is 4.74 Å². The molecule has 184 valence electrons. The van der Waals surface area contributed by atoms with Crippen LogP contribution >= 0.6 is 0 Å². The summed E-state index contributed by atoms with van der Waals surface area (Å²) >= 11 is 0. The van der Waals surface area contributed by atoms with E-state index in [9.17, 15) is 23.3 Å². The largest absolute Gasteiger partial charge is 0.444 e. The fraction of sp³-hybridized carbons (Fsp3) is 0.320.